The van der Waals surface area contributed by atoms with Gasteiger partial charge in [-0.25, -0.2) is 0 Å². The van der Waals surface area contributed by atoms with Crippen LogP contribution in [-0.2, 0) is 14.3 Å². The normalized spacial score (nSPS) is 36.8. The van der Waals surface area contributed by atoms with Crippen LogP contribution in [-0.4, -0.2) is 37.9 Å². The van der Waals surface area contributed by atoms with Crippen molar-refractivity contribution >= 4 is 5.97 Å². The van der Waals surface area contributed by atoms with Crippen molar-refractivity contribution in [2.45, 2.75) is 32.8 Å². The maximum atomic E-state index is 12.0. The maximum absolute atomic E-state index is 12.0. The van der Waals surface area contributed by atoms with E-state index in [1.165, 1.54) is 0 Å². The molecule has 2 fully saturated rings. The lowest BCUT2D eigenvalue weighted by Gasteiger charge is -2.39. The van der Waals surface area contributed by atoms with Crippen LogP contribution in [0, 0.1) is 11.3 Å². The number of carbonyl (C=O) groups is 1. The first-order chi connectivity index (χ1) is 7.53. The van der Waals surface area contributed by atoms with Gasteiger partial charge >= 0.3 is 5.97 Å². The highest BCUT2D eigenvalue weighted by Crippen LogP contribution is 2.51. The van der Waals surface area contributed by atoms with Gasteiger partial charge in [-0.05, 0) is 27.2 Å². The highest BCUT2D eigenvalue weighted by Gasteiger charge is 2.59. The summed E-state index contributed by atoms with van der Waals surface area (Å²) in [4.78, 5) is 12.0. The summed E-state index contributed by atoms with van der Waals surface area (Å²) >= 11 is 0. The predicted molar refractivity (Wildman–Crippen MR) is 60.1 cm³/mol. The Morgan fingerprint density at radius 3 is 2.88 bits per heavy atom. The Morgan fingerprint density at radius 2 is 2.31 bits per heavy atom. The lowest BCUT2D eigenvalue weighted by Crippen LogP contribution is -2.48. The van der Waals surface area contributed by atoms with Crippen LogP contribution in [0.1, 0.15) is 27.2 Å². The van der Waals surface area contributed by atoms with Crippen molar-refractivity contribution in [2.75, 3.05) is 26.3 Å². The molecule has 2 saturated heterocycles. The molecule has 92 valence electrons. The van der Waals surface area contributed by atoms with Gasteiger partial charge in [-0.3, -0.25) is 4.79 Å². The molecule has 1 N–H and O–H groups in total. The Labute approximate surface area is 96.7 Å². The smallest absolute Gasteiger partial charge is 0.310 e. The Hall–Kier alpha value is -0.610. The van der Waals surface area contributed by atoms with Crippen LogP contribution in [0.15, 0.2) is 0 Å². The SMILES string of the molecule is CCOC(=O)C1CNCC12CCOC2(C)C. The molecule has 2 atom stereocenters. The number of rotatable bonds is 2. The van der Waals surface area contributed by atoms with Crippen LogP contribution in [0.25, 0.3) is 0 Å². The highest BCUT2D eigenvalue weighted by molar-refractivity contribution is 5.74. The van der Waals surface area contributed by atoms with Crippen molar-refractivity contribution in [1.29, 1.82) is 0 Å². The van der Waals surface area contributed by atoms with Crippen LogP contribution in [0.3, 0.4) is 0 Å². The molecule has 1 spiro atoms. The standard InChI is InChI=1S/C12H21NO3/c1-4-15-10(14)9-7-13-8-12(9)5-6-16-11(12,2)3/h9,13H,4-8H2,1-3H3. The average Bonchev–Trinajstić information content (AvgIpc) is 2.74. The van der Waals surface area contributed by atoms with E-state index in [0.717, 1.165) is 19.6 Å². The van der Waals surface area contributed by atoms with Gasteiger partial charge in [0.15, 0.2) is 0 Å². The minimum Gasteiger partial charge on any atom is -0.466 e. The van der Waals surface area contributed by atoms with E-state index < -0.39 is 0 Å². The molecule has 0 aromatic heterocycles. The summed E-state index contributed by atoms with van der Waals surface area (Å²) in [5.41, 5.74) is -0.326. The zero-order valence-electron chi connectivity index (χ0n) is 10.3. The third-order valence-corrected chi connectivity index (χ3v) is 4.24. The largest absolute Gasteiger partial charge is 0.466 e. The van der Waals surface area contributed by atoms with Crippen molar-refractivity contribution in [3.63, 3.8) is 0 Å². The molecule has 4 nitrogen and oxygen atoms in total. The van der Waals surface area contributed by atoms with Gasteiger partial charge in [0.1, 0.15) is 0 Å². The molecule has 2 unspecified atom stereocenters. The van der Waals surface area contributed by atoms with E-state index >= 15 is 0 Å². The molecule has 0 saturated carbocycles. The zero-order chi connectivity index (χ0) is 11.8. The van der Waals surface area contributed by atoms with Crippen molar-refractivity contribution in [3.8, 4) is 0 Å². The predicted octanol–water partition coefficient (Wildman–Crippen LogP) is 0.954. The molecule has 0 amide bonds. The van der Waals surface area contributed by atoms with Crippen LogP contribution in [0.5, 0.6) is 0 Å². The van der Waals surface area contributed by atoms with Crippen LogP contribution in [0.4, 0.5) is 0 Å². The van der Waals surface area contributed by atoms with E-state index in [0.29, 0.717) is 13.2 Å². The molecule has 2 rings (SSSR count). The lowest BCUT2D eigenvalue weighted by atomic mass is 9.66. The zero-order valence-corrected chi connectivity index (χ0v) is 10.3. The summed E-state index contributed by atoms with van der Waals surface area (Å²) in [7, 11) is 0. The third kappa shape index (κ3) is 1.55. The molecule has 0 aromatic carbocycles. The van der Waals surface area contributed by atoms with Gasteiger partial charge in [0.2, 0.25) is 0 Å². The summed E-state index contributed by atoms with van der Waals surface area (Å²) in [6.45, 7) is 8.77. The molecule has 2 heterocycles. The van der Waals surface area contributed by atoms with Crippen molar-refractivity contribution in [1.82, 2.24) is 5.32 Å². The summed E-state index contributed by atoms with van der Waals surface area (Å²) < 4.78 is 11.0. The second-order valence-corrected chi connectivity index (χ2v) is 5.20. The first kappa shape index (κ1) is 11.9. The Morgan fingerprint density at radius 1 is 1.56 bits per heavy atom. The van der Waals surface area contributed by atoms with Gasteiger partial charge in [-0.1, -0.05) is 0 Å². The number of carbonyl (C=O) groups excluding carboxylic acids is 1. The van der Waals surface area contributed by atoms with Crippen molar-refractivity contribution in [3.05, 3.63) is 0 Å². The van der Waals surface area contributed by atoms with Crippen molar-refractivity contribution in [2.24, 2.45) is 11.3 Å². The Kier molecular flexibility index (Phi) is 2.97. The molecule has 0 bridgehead atoms. The topological polar surface area (TPSA) is 47.6 Å². The number of hydrogen-bond donors (Lipinski definition) is 1. The second-order valence-electron chi connectivity index (χ2n) is 5.20. The lowest BCUT2D eigenvalue weighted by molar-refractivity contribution is -0.155. The van der Waals surface area contributed by atoms with Gasteiger partial charge in [-0.2, -0.15) is 0 Å². The van der Waals surface area contributed by atoms with Crippen LogP contribution in [0.2, 0.25) is 0 Å². The van der Waals surface area contributed by atoms with Gasteiger partial charge < -0.3 is 14.8 Å². The molecule has 2 aliphatic rings. The second kappa shape index (κ2) is 4.00. The number of esters is 1. The molecule has 4 heteroatoms. The van der Waals surface area contributed by atoms with E-state index in [4.69, 9.17) is 9.47 Å². The fourth-order valence-corrected chi connectivity index (χ4v) is 3.14. The molecule has 0 radical (unpaired) electrons. The first-order valence-electron chi connectivity index (χ1n) is 6.05. The summed E-state index contributed by atoms with van der Waals surface area (Å²) in [5, 5.41) is 3.32. The van der Waals surface area contributed by atoms with Gasteiger partial charge in [0.25, 0.3) is 0 Å². The van der Waals surface area contributed by atoms with E-state index in [2.05, 4.69) is 19.2 Å². The minimum atomic E-state index is -0.242. The number of ether oxygens (including phenoxy) is 2. The summed E-state index contributed by atoms with van der Waals surface area (Å²) in [6, 6.07) is 0. The fourth-order valence-electron chi connectivity index (χ4n) is 3.14. The summed E-state index contributed by atoms with van der Waals surface area (Å²) in [6.07, 6.45) is 0.941. The Bertz CT molecular complexity index is 286. The summed E-state index contributed by atoms with van der Waals surface area (Å²) in [5.74, 6) is -0.143. The minimum absolute atomic E-state index is 0.0649. The van der Waals surface area contributed by atoms with E-state index in [9.17, 15) is 4.79 Å². The van der Waals surface area contributed by atoms with E-state index in [1.807, 2.05) is 6.92 Å². The average molecular weight is 227 g/mol. The molecule has 2 aliphatic heterocycles. The molecular formula is C12H21NO3. The van der Waals surface area contributed by atoms with Gasteiger partial charge in [0.05, 0.1) is 18.1 Å². The third-order valence-electron chi connectivity index (χ3n) is 4.24. The molecule has 0 aromatic rings. The Balaban J connectivity index is 2.22. The first-order valence-corrected chi connectivity index (χ1v) is 6.05. The molecule has 16 heavy (non-hydrogen) atoms. The van der Waals surface area contributed by atoms with Crippen molar-refractivity contribution < 1.29 is 14.3 Å². The van der Waals surface area contributed by atoms with Gasteiger partial charge in [0, 0.05) is 25.1 Å². The monoisotopic (exact) mass is 227 g/mol. The molecular weight excluding hydrogens is 206 g/mol. The van der Waals surface area contributed by atoms with E-state index in [1.54, 1.807) is 0 Å². The molecule has 0 aliphatic carbocycles. The van der Waals surface area contributed by atoms with Crippen LogP contribution < -0.4 is 5.32 Å². The highest BCUT2D eigenvalue weighted by atomic mass is 16.5. The maximum Gasteiger partial charge on any atom is 0.310 e. The fraction of sp³-hybridized carbons (Fsp3) is 0.917. The quantitative estimate of drug-likeness (QED) is 0.714. The van der Waals surface area contributed by atoms with E-state index in [-0.39, 0.29) is 22.9 Å². The van der Waals surface area contributed by atoms with Gasteiger partial charge in [-0.15, -0.1) is 0 Å². The van der Waals surface area contributed by atoms with Crippen LogP contribution >= 0.6 is 0 Å². The number of hydrogen-bond acceptors (Lipinski definition) is 4. The number of nitrogens with one attached hydrogen (secondary N) is 1.